The lowest BCUT2D eigenvalue weighted by Gasteiger charge is -2.27. The second-order valence-electron chi connectivity index (χ2n) is 7.41. The van der Waals surface area contributed by atoms with Crippen LogP contribution in [0.15, 0.2) is 47.4 Å². The molecule has 1 N–H and O–H groups in total. The molecule has 0 saturated carbocycles. The van der Waals surface area contributed by atoms with Gasteiger partial charge in [0.15, 0.2) is 0 Å². The van der Waals surface area contributed by atoms with Gasteiger partial charge in [-0.05, 0) is 55.2 Å². The van der Waals surface area contributed by atoms with Crippen molar-refractivity contribution in [1.29, 1.82) is 0 Å². The molecule has 1 atom stereocenters. The van der Waals surface area contributed by atoms with Gasteiger partial charge < -0.3 is 19.6 Å². The van der Waals surface area contributed by atoms with Crippen molar-refractivity contribution in [2.75, 3.05) is 32.8 Å². The molecule has 3 rings (SSSR count). The second kappa shape index (κ2) is 10.6. The molecule has 1 amide bonds. The summed E-state index contributed by atoms with van der Waals surface area (Å²) in [5.41, 5.74) is 0.640. The number of likely N-dealkylation sites (tertiary alicyclic amines) is 1. The van der Waals surface area contributed by atoms with Gasteiger partial charge >= 0.3 is 0 Å². The topological polar surface area (TPSA) is 70.1 Å². The zero-order valence-corrected chi connectivity index (χ0v) is 19.2. The normalized spacial score (nSPS) is 18.2. The molecule has 0 aliphatic carbocycles. The molecule has 1 aliphatic rings. The van der Waals surface area contributed by atoms with Crippen molar-refractivity contribution < 1.29 is 19.4 Å². The minimum Gasteiger partial charge on any atom is -0.507 e. The Balaban J connectivity index is 1.96. The van der Waals surface area contributed by atoms with Crippen LogP contribution >= 0.6 is 11.3 Å². The molecule has 2 heterocycles. The van der Waals surface area contributed by atoms with E-state index in [1.807, 2.05) is 24.4 Å². The fourth-order valence-electron chi connectivity index (χ4n) is 3.73. The molecule has 1 aliphatic heterocycles. The number of amides is 1. The van der Waals surface area contributed by atoms with Crippen LogP contribution in [0.3, 0.4) is 0 Å². The van der Waals surface area contributed by atoms with Gasteiger partial charge in [-0.15, -0.1) is 11.3 Å². The fourth-order valence-corrected chi connectivity index (χ4v) is 4.57. The van der Waals surface area contributed by atoms with Gasteiger partial charge in [-0.3, -0.25) is 9.59 Å². The number of hydrogen-bond acceptors (Lipinski definition) is 6. The van der Waals surface area contributed by atoms with Crippen molar-refractivity contribution in [3.8, 4) is 5.75 Å². The van der Waals surface area contributed by atoms with Crippen LogP contribution in [-0.4, -0.2) is 59.4 Å². The van der Waals surface area contributed by atoms with Crippen LogP contribution in [0.2, 0.25) is 0 Å². The first-order valence-corrected chi connectivity index (χ1v) is 11.7. The van der Waals surface area contributed by atoms with Gasteiger partial charge in [-0.25, -0.2) is 0 Å². The van der Waals surface area contributed by atoms with E-state index in [0.29, 0.717) is 31.0 Å². The van der Waals surface area contributed by atoms with E-state index in [-0.39, 0.29) is 11.3 Å². The molecule has 6 nitrogen and oxygen atoms in total. The number of nitrogens with zero attached hydrogens (tertiary/aromatic N) is 2. The maximum atomic E-state index is 13.0. The number of carbonyl (C=O) groups is 2. The van der Waals surface area contributed by atoms with Crippen molar-refractivity contribution in [2.24, 2.45) is 0 Å². The molecule has 1 aromatic carbocycles. The van der Waals surface area contributed by atoms with E-state index in [0.717, 1.165) is 24.4 Å². The molecular weight excluding hydrogens is 412 g/mol. The van der Waals surface area contributed by atoms with Crippen molar-refractivity contribution in [2.45, 2.75) is 33.2 Å². The lowest BCUT2D eigenvalue weighted by molar-refractivity contribution is -0.140. The number of Topliss-reactive ketones (excluding diaryl/α,β-unsaturated/α-hetero) is 1. The Labute approximate surface area is 187 Å². The molecule has 1 fully saturated rings. The predicted octanol–water partition coefficient (Wildman–Crippen LogP) is 4.30. The molecule has 0 bridgehead atoms. The van der Waals surface area contributed by atoms with Gasteiger partial charge in [-0.2, -0.15) is 0 Å². The first kappa shape index (κ1) is 23.0. The smallest absolute Gasteiger partial charge is 0.295 e. The van der Waals surface area contributed by atoms with Gasteiger partial charge in [-0.1, -0.05) is 26.8 Å². The molecular formula is C24H30N2O4S. The summed E-state index contributed by atoms with van der Waals surface area (Å²) in [7, 11) is 0. The van der Waals surface area contributed by atoms with E-state index in [9.17, 15) is 14.7 Å². The molecule has 0 spiro atoms. The van der Waals surface area contributed by atoms with Crippen LogP contribution in [0.25, 0.3) is 5.76 Å². The quantitative estimate of drug-likeness (QED) is 0.337. The van der Waals surface area contributed by atoms with Gasteiger partial charge in [0.1, 0.15) is 11.5 Å². The number of ketones is 1. The molecule has 166 valence electrons. The Morgan fingerprint density at radius 2 is 1.84 bits per heavy atom. The Morgan fingerprint density at radius 1 is 1.13 bits per heavy atom. The molecule has 7 heteroatoms. The highest BCUT2D eigenvalue weighted by Crippen LogP contribution is 2.41. The van der Waals surface area contributed by atoms with Gasteiger partial charge in [0.2, 0.25) is 0 Å². The average molecular weight is 443 g/mol. The van der Waals surface area contributed by atoms with Crippen LogP contribution < -0.4 is 4.74 Å². The Hall–Kier alpha value is -2.64. The zero-order chi connectivity index (χ0) is 22.4. The lowest BCUT2D eigenvalue weighted by Crippen LogP contribution is -2.37. The third-order valence-electron chi connectivity index (χ3n) is 5.50. The van der Waals surface area contributed by atoms with E-state index < -0.39 is 17.7 Å². The summed E-state index contributed by atoms with van der Waals surface area (Å²) in [5, 5.41) is 13.0. The first-order valence-electron chi connectivity index (χ1n) is 10.8. The minimum atomic E-state index is -0.637. The number of likely N-dealkylation sites (N-methyl/N-ethyl adjacent to an activating group) is 1. The summed E-state index contributed by atoms with van der Waals surface area (Å²) in [6.45, 7) is 9.63. The van der Waals surface area contributed by atoms with E-state index in [4.69, 9.17) is 4.74 Å². The SMILES string of the molecule is CCCOc1ccc(/C(O)=C2\C(=O)C(=O)N(CCN(CC)CC)C2c2cccs2)cc1. The summed E-state index contributed by atoms with van der Waals surface area (Å²) in [6.07, 6.45) is 0.902. The number of hydrogen-bond donors (Lipinski definition) is 1. The highest BCUT2D eigenvalue weighted by molar-refractivity contribution is 7.10. The Morgan fingerprint density at radius 3 is 2.42 bits per heavy atom. The number of aliphatic hydroxyl groups excluding tert-OH is 1. The third-order valence-corrected chi connectivity index (χ3v) is 6.43. The maximum Gasteiger partial charge on any atom is 0.295 e. The minimum absolute atomic E-state index is 0.147. The molecule has 1 unspecified atom stereocenters. The average Bonchev–Trinajstić information content (AvgIpc) is 3.40. The first-order chi connectivity index (χ1) is 15.0. The number of thiophene rings is 1. The van der Waals surface area contributed by atoms with Crippen LogP contribution in [0.1, 0.15) is 43.7 Å². The van der Waals surface area contributed by atoms with E-state index >= 15 is 0 Å². The lowest BCUT2D eigenvalue weighted by atomic mass is 10.00. The van der Waals surface area contributed by atoms with Crippen molar-refractivity contribution >= 4 is 28.8 Å². The maximum absolute atomic E-state index is 13.0. The molecule has 1 saturated heterocycles. The summed E-state index contributed by atoms with van der Waals surface area (Å²) in [6, 6.07) is 10.2. The molecule has 1 aromatic heterocycles. The monoisotopic (exact) mass is 442 g/mol. The highest BCUT2D eigenvalue weighted by Gasteiger charge is 2.46. The summed E-state index contributed by atoms with van der Waals surface area (Å²) < 4.78 is 5.60. The predicted molar refractivity (Wildman–Crippen MR) is 123 cm³/mol. The van der Waals surface area contributed by atoms with Crippen molar-refractivity contribution in [3.05, 3.63) is 57.8 Å². The van der Waals surface area contributed by atoms with Crippen molar-refractivity contribution in [3.63, 3.8) is 0 Å². The van der Waals surface area contributed by atoms with Crippen LogP contribution in [-0.2, 0) is 9.59 Å². The van der Waals surface area contributed by atoms with Gasteiger partial charge in [0.05, 0.1) is 18.2 Å². The Bertz CT molecular complexity index is 918. The largest absolute Gasteiger partial charge is 0.507 e. The summed E-state index contributed by atoms with van der Waals surface area (Å²) in [4.78, 5) is 30.6. The second-order valence-corrected chi connectivity index (χ2v) is 8.39. The van der Waals surface area contributed by atoms with Crippen LogP contribution in [0.4, 0.5) is 0 Å². The van der Waals surface area contributed by atoms with Crippen LogP contribution in [0, 0.1) is 0 Å². The number of aliphatic hydroxyl groups is 1. The van der Waals surface area contributed by atoms with Crippen molar-refractivity contribution in [1.82, 2.24) is 9.80 Å². The number of ether oxygens (including phenoxy) is 1. The third kappa shape index (κ3) is 4.99. The van der Waals surface area contributed by atoms with Crippen LogP contribution in [0.5, 0.6) is 5.75 Å². The molecule has 31 heavy (non-hydrogen) atoms. The number of rotatable bonds is 10. The highest BCUT2D eigenvalue weighted by atomic mass is 32.1. The van der Waals surface area contributed by atoms with E-state index in [1.165, 1.54) is 11.3 Å². The number of benzene rings is 1. The zero-order valence-electron chi connectivity index (χ0n) is 18.3. The van der Waals surface area contributed by atoms with Gasteiger partial charge in [0.25, 0.3) is 11.7 Å². The fraction of sp³-hybridized carbons (Fsp3) is 0.417. The Kier molecular flexibility index (Phi) is 7.87. The van der Waals surface area contributed by atoms with Gasteiger partial charge in [0, 0.05) is 23.5 Å². The summed E-state index contributed by atoms with van der Waals surface area (Å²) in [5.74, 6) is -0.645. The standard InChI is InChI=1S/C24H30N2O4S/c1-4-15-30-18-11-9-17(10-12-18)22(27)20-21(19-8-7-16-31-19)26(24(29)23(20)28)14-13-25(5-2)6-3/h7-12,16,21,27H,4-6,13-15H2,1-3H3/b22-20+. The number of carbonyl (C=O) groups excluding carboxylic acids is 2. The molecule has 2 aromatic rings. The van der Waals surface area contributed by atoms with E-state index in [2.05, 4.69) is 18.7 Å². The summed E-state index contributed by atoms with van der Waals surface area (Å²) >= 11 is 1.48. The molecule has 0 radical (unpaired) electrons. The van der Waals surface area contributed by atoms with E-state index in [1.54, 1.807) is 29.2 Å².